The largest absolute Gasteiger partial charge is 0.483 e. The van der Waals surface area contributed by atoms with Gasteiger partial charge in [0.2, 0.25) is 0 Å². The molecule has 0 bridgehead atoms. The number of nitrogens with one attached hydrogen (secondary N) is 2. The highest BCUT2D eigenvalue weighted by molar-refractivity contribution is 6.40. The molecule has 3 aromatic rings. The number of halogens is 3. The standard InChI is InChI=1S/C26H18Cl2FN3O5/c1-14-6-7-17(28)12-21(14)32-25(35)18(24(34)31-26(32)36)11-15-10-16(27)8-9-22(15)37-13-23(33)30-20-5-3-2-4-19(20)29/h2-12H,13H2,1H3,(H,30,33)(H,31,34,36)/b18-11+. The van der Waals surface area contributed by atoms with Gasteiger partial charge in [-0.3, -0.25) is 19.7 Å². The van der Waals surface area contributed by atoms with E-state index < -0.39 is 36.2 Å². The molecule has 1 saturated heterocycles. The first-order chi connectivity index (χ1) is 17.6. The molecule has 1 heterocycles. The molecule has 1 aliphatic heterocycles. The third-order valence-electron chi connectivity index (χ3n) is 5.29. The number of imide groups is 2. The number of hydrogen-bond donors (Lipinski definition) is 2. The van der Waals surface area contributed by atoms with Crippen molar-refractivity contribution in [2.45, 2.75) is 6.92 Å². The minimum Gasteiger partial charge on any atom is -0.483 e. The maximum absolute atomic E-state index is 13.8. The summed E-state index contributed by atoms with van der Waals surface area (Å²) in [6.07, 6.45) is 1.20. The summed E-state index contributed by atoms with van der Waals surface area (Å²) in [5.41, 5.74) is 0.596. The van der Waals surface area contributed by atoms with Crippen molar-refractivity contribution in [1.82, 2.24) is 5.32 Å². The molecule has 0 spiro atoms. The number of para-hydroxylation sites is 1. The highest BCUT2D eigenvalue weighted by atomic mass is 35.5. The molecule has 0 aromatic heterocycles. The topological polar surface area (TPSA) is 105 Å². The minimum atomic E-state index is -0.926. The molecule has 3 aromatic carbocycles. The predicted molar refractivity (Wildman–Crippen MR) is 137 cm³/mol. The van der Waals surface area contributed by atoms with Crippen LogP contribution in [0, 0.1) is 12.7 Å². The lowest BCUT2D eigenvalue weighted by molar-refractivity contribution is -0.122. The summed E-state index contributed by atoms with van der Waals surface area (Å²) in [7, 11) is 0. The fourth-order valence-corrected chi connectivity index (χ4v) is 3.86. The first-order valence-corrected chi connectivity index (χ1v) is 11.5. The number of ether oxygens (including phenoxy) is 1. The fourth-order valence-electron chi connectivity index (χ4n) is 3.51. The van der Waals surface area contributed by atoms with E-state index in [2.05, 4.69) is 10.6 Å². The van der Waals surface area contributed by atoms with Crippen LogP contribution in [-0.4, -0.2) is 30.4 Å². The van der Waals surface area contributed by atoms with E-state index in [-0.39, 0.29) is 33.3 Å². The summed E-state index contributed by atoms with van der Waals surface area (Å²) < 4.78 is 19.4. The van der Waals surface area contributed by atoms with Crippen LogP contribution in [0.5, 0.6) is 5.75 Å². The number of barbiturate groups is 1. The Morgan fingerprint density at radius 2 is 1.76 bits per heavy atom. The van der Waals surface area contributed by atoms with Crippen molar-refractivity contribution in [3.05, 3.63) is 93.2 Å². The van der Waals surface area contributed by atoms with Gasteiger partial charge in [0, 0.05) is 15.6 Å². The molecule has 37 heavy (non-hydrogen) atoms. The van der Waals surface area contributed by atoms with Gasteiger partial charge >= 0.3 is 6.03 Å². The Morgan fingerprint density at radius 3 is 2.51 bits per heavy atom. The quantitative estimate of drug-likeness (QED) is 0.332. The van der Waals surface area contributed by atoms with E-state index in [4.69, 9.17) is 27.9 Å². The molecule has 0 atom stereocenters. The van der Waals surface area contributed by atoms with Crippen LogP contribution in [0.25, 0.3) is 6.08 Å². The molecule has 0 aliphatic carbocycles. The van der Waals surface area contributed by atoms with Crippen LogP contribution in [0.1, 0.15) is 11.1 Å². The second-order valence-corrected chi connectivity index (χ2v) is 8.76. The van der Waals surface area contributed by atoms with Crippen molar-refractivity contribution in [3.63, 3.8) is 0 Å². The zero-order valence-electron chi connectivity index (χ0n) is 19.2. The highest BCUT2D eigenvalue weighted by Gasteiger charge is 2.37. The number of hydrogen-bond acceptors (Lipinski definition) is 5. The summed E-state index contributed by atoms with van der Waals surface area (Å²) in [5.74, 6) is -2.94. The lowest BCUT2D eigenvalue weighted by atomic mass is 10.0. The first-order valence-electron chi connectivity index (χ1n) is 10.8. The summed E-state index contributed by atoms with van der Waals surface area (Å²) in [6, 6.07) is 13.7. The number of carbonyl (C=O) groups is 4. The number of carbonyl (C=O) groups excluding carboxylic acids is 4. The van der Waals surface area contributed by atoms with Crippen LogP contribution in [0.3, 0.4) is 0 Å². The molecule has 8 nitrogen and oxygen atoms in total. The lowest BCUT2D eigenvalue weighted by Crippen LogP contribution is -2.54. The van der Waals surface area contributed by atoms with Crippen LogP contribution in [0.15, 0.2) is 66.2 Å². The van der Waals surface area contributed by atoms with E-state index in [0.717, 1.165) is 4.90 Å². The number of nitrogens with zero attached hydrogens (tertiary/aromatic N) is 1. The number of urea groups is 1. The fraction of sp³-hybridized carbons (Fsp3) is 0.0769. The predicted octanol–water partition coefficient (Wildman–Crippen LogP) is 5.12. The van der Waals surface area contributed by atoms with Gasteiger partial charge in [-0.15, -0.1) is 0 Å². The van der Waals surface area contributed by atoms with Gasteiger partial charge in [0.15, 0.2) is 6.61 Å². The van der Waals surface area contributed by atoms with Gasteiger partial charge in [-0.25, -0.2) is 14.1 Å². The van der Waals surface area contributed by atoms with Crippen molar-refractivity contribution in [3.8, 4) is 5.75 Å². The van der Waals surface area contributed by atoms with Gasteiger partial charge in [-0.05, 0) is 61.0 Å². The Kier molecular flexibility index (Phi) is 7.56. The smallest absolute Gasteiger partial charge is 0.335 e. The number of rotatable bonds is 6. The Balaban J connectivity index is 1.61. The molecule has 1 aliphatic rings. The monoisotopic (exact) mass is 541 g/mol. The van der Waals surface area contributed by atoms with Crippen LogP contribution in [-0.2, 0) is 14.4 Å². The van der Waals surface area contributed by atoms with Gasteiger partial charge < -0.3 is 10.1 Å². The van der Waals surface area contributed by atoms with E-state index in [1.165, 1.54) is 48.5 Å². The first kappa shape index (κ1) is 25.9. The molecule has 2 N–H and O–H groups in total. The summed E-state index contributed by atoms with van der Waals surface area (Å²) in [5, 5.41) is 5.08. The Labute approximate surface area is 220 Å². The molecular weight excluding hydrogens is 524 g/mol. The van der Waals surface area contributed by atoms with Crippen molar-refractivity contribution in [2.24, 2.45) is 0 Å². The van der Waals surface area contributed by atoms with Crippen molar-refractivity contribution in [2.75, 3.05) is 16.8 Å². The molecule has 11 heteroatoms. The van der Waals surface area contributed by atoms with Gasteiger partial charge in [0.1, 0.15) is 17.1 Å². The van der Waals surface area contributed by atoms with E-state index in [9.17, 15) is 23.6 Å². The van der Waals surface area contributed by atoms with E-state index in [1.807, 2.05) is 0 Å². The molecule has 4 rings (SSSR count). The minimum absolute atomic E-state index is 0.0138. The van der Waals surface area contributed by atoms with E-state index in [1.54, 1.807) is 25.1 Å². The number of anilines is 2. The Bertz CT molecular complexity index is 1470. The SMILES string of the molecule is Cc1ccc(Cl)cc1N1C(=O)NC(=O)/C(=C\c2cc(Cl)ccc2OCC(=O)Nc2ccccc2F)C1=O. The second kappa shape index (κ2) is 10.8. The summed E-state index contributed by atoms with van der Waals surface area (Å²) in [6.45, 7) is 1.18. The Hall–Kier alpha value is -4.21. The van der Waals surface area contributed by atoms with Crippen molar-refractivity contribution in [1.29, 1.82) is 0 Å². The lowest BCUT2D eigenvalue weighted by Gasteiger charge is -2.27. The van der Waals surface area contributed by atoms with Crippen LogP contribution < -0.4 is 20.3 Å². The van der Waals surface area contributed by atoms with Crippen LogP contribution in [0.2, 0.25) is 10.0 Å². The van der Waals surface area contributed by atoms with Gasteiger partial charge in [0.25, 0.3) is 17.7 Å². The van der Waals surface area contributed by atoms with E-state index in [0.29, 0.717) is 10.6 Å². The number of amides is 5. The average Bonchev–Trinajstić information content (AvgIpc) is 2.84. The van der Waals surface area contributed by atoms with Gasteiger partial charge in [0.05, 0.1) is 11.4 Å². The molecule has 0 unspecified atom stereocenters. The van der Waals surface area contributed by atoms with Crippen molar-refractivity contribution < 1.29 is 28.3 Å². The van der Waals surface area contributed by atoms with Gasteiger partial charge in [-0.1, -0.05) is 41.4 Å². The second-order valence-electron chi connectivity index (χ2n) is 7.89. The molecular formula is C26H18Cl2FN3O5. The van der Waals surface area contributed by atoms with Gasteiger partial charge in [-0.2, -0.15) is 0 Å². The molecule has 0 radical (unpaired) electrons. The van der Waals surface area contributed by atoms with Crippen LogP contribution in [0.4, 0.5) is 20.6 Å². The summed E-state index contributed by atoms with van der Waals surface area (Å²) in [4.78, 5) is 51.5. The third kappa shape index (κ3) is 5.79. The highest BCUT2D eigenvalue weighted by Crippen LogP contribution is 2.30. The number of aryl methyl sites for hydroxylation is 1. The Morgan fingerprint density at radius 1 is 1.05 bits per heavy atom. The zero-order valence-corrected chi connectivity index (χ0v) is 20.7. The molecule has 0 saturated carbocycles. The van der Waals surface area contributed by atoms with E-state index >= 15 is 0 Å². The maximum atomic E-state index is 13.8. The maximum Gasteiger partial charge on any atom is 0.335 e. The van der Waals surface area contributed by atoms with Crippen molar-refractivity contribution >= 4 is 64.4 Å². The molecule has 1 fully saturated rings. The van der Waals surface area contributed by atoms with Crippen LogP contribution >= 0.6 is 23.2 Å². The zero-order chi connectivity index (χ0) is 26.7. The normalized spacial score (nSPS) is 14.5. The molecule has 188 valence electrons. The average molecular weight is 542 g/mol. The summed E-state index contributed by atoms with van der Waals surface area (Å²) >= 11 is 12.2. The molecule has 5 amide bonds. The third-order valence-corrected chi connectivity index (χ3v) is 5.76. The number of benzene rings is 3.